The second-order valence-electron chi connectivity index (χ2n) is 3.56. The Morgan fingerprint density at radius 2 is 2.17 bits per heavy atom. The molecule has 0 spiro atoms. The lowest BCUT2D eigenvalue weighted by atomic mass is 10.3. The summed E-state index contributed by atoms with van der Waals surface area (Å²) in [7, 11) is 1.61. The zero-order valence-electron chi connectivity index (χ0n) is 9.58. The maximum Gasteiger partial charge on any atom is 0.153 e. The molecule has 0 radical (unpaired) electrons. The molecule has 18 heavy (non-hydrogen) atoms. The van der Waals surface area contributed by atoms with Crippen LogP contribution in [0.4, 0.5) is 17.2 Å². The molecule has 3 N–H and O–H groups in total. The average Bonchev–Trinajstić information content (AvgIpc) is 2.35. The van der Waals surface area contributed by atoms with Gasteiger partial charge in [0.05, 0.1) is 23.5 Å². The van der Waals surface area contributed by atoms with E-state index >= 15 is 0 Å². The largest absolute Gasteiger partial charge is 0.497 e. The number of ether oxygens (including phenoxy) is 1. The Morgan fingerprint density at radius 1 is 1.39 bits per heavy atom. The topological polar surface area (TPSA) is 60.2 Å². The summed E-state index contributed by atoms with van der Waals surface area (Å²) in [4.78, 5) is 4.14. The van der Waals surface area contributed by atoms with Crippen LogP contribution in [-0.4, -0.2) is 12.1 Å². The number of hydrogen-bond acceptors (Lipinski definition) is 4. The van der Waals surface area contributed by atoms with Crippen molar-refractivity contribution in [2.45, 2.75) is 0 Å². The highest BCUT2D eigenvalue weighted by molar-refractivity contribution is 9.10. The minimum Gasteiger partial charge on any atom is -0.497 e. The van der Waals surface area contributed by atoms with Crippen molar-refractivity contribution in [3.63, 3.8) is 0 Å². The fourth-order valence-corrected chi connectivity index (χ4v) is 1.93. The maximum atomic E-state index is 5.83. The quantitative estimate of drug-likeness (QED) is 0.899. The van der Waals surface area contributed by atoms with Crippen molar-refractivity contribution in [3.05, 3.63) is 40.0 Å². The Morgan fingerprint density at radius 3 is 2.83 bits per heavy atom. The number of pyridine rings is 1. The highest BCUT2D eigenvalue weighted by Crippen LogP contribution is 2.31. The van der Waals surface area contributed by atoms with Gasteiger partial charge in [0.15, 0.2) is 5.82 Å². The monoisotopic (exact) mass is 327 g/mol. The maximum absolute atomic E-state index is 5.83. The molecule has 1 heterocycles. The molecule has 0 aliphatic carbocycles. The number of rotatable bonds is 3. The molecule has 0 saturated heterocycles. The Kier molecular flexibility index (Phi) is 3.93. The number of benzene rings is 1. The standard InChI is InChI=1S/C12H11BrClN3O/c1-18-8-2-3-9(13)11(5-8)17-12-10(15)4-7(14)6-16-12/h2-6H,15H2,1H3,(H,16,17). The smallest absolute Gasteiger partial charge is 0.153 e. The first-order chi connectivity index (χ1) is 8.60. The molecule has 6 heteroatoms. The van der Waals surface area contributed by atoms with Crippen LogP contribution in [0.25, 0.3) is 0 Å². The van der Waals surface area contributed by atoms with E-state index in [1.165, 1.54) is 6.20 Å². The number of nitrogens with zero attached hydrogens (tertiary/aromatic N) is 1. The summed E-state index contributed by atoms with van der Waals surface area (Å²) in [5.74, 6) is 1.29. The minimum absolute atomic E-state index is 0.484. The molecular weight excluding hydrogens is 318 g/mol. The predicted molar refractivity (Wildman–Crippen MR) is 77.6 cm³/mol. The number of halogens is 2. The first kappa shape index (κ1) is 13.0. The lowest BCUT2D eigenvalue weighted by molar-refractivity contribution is 0.415. The third-order valence-electron chi connectivity index (χ3n) is 2.31. The first-order valence-electron chi connectivity index (χ1n) is 5.11. The molecule has 0 amide bonds. The van der Waals surface area contributed by atoms with E-state index in [-0.39, 0.29) is 0 Å². The molecule has 0 aliphatic rings. The van der Waals surface area contributed by atoms with Crippen molar-refractivity contribution in [1.29, 1.82) is 0 Å². The molecule has 0 fully saturated rings. The van der Waals surface area contributed by atoms with Gasteiger partial charge in [-0.25, -0.2) is 4.98 Å². The average molecular weight is 329 g/mol. The van der Waals surface area contributed by atoms with Gasteiger partial charge in [-0.3, -0.25) is 0 Å². The number of methoxy groups -OCH3 is 1. The number of anilines is 3. The summed E-state index contributed by atoms with van der Waals surface area (Å²) in [5.41, 5.74) is 7.13. The Labute approximate surface area is 118 Å². The molecule has 2 rings (SSSR count). The lowest BCUT2D eigenvalue weighted by Gasteiger charge is -2.11. The highest BCUT2D eigenvalue weighted by atomic mass is 79.9. The van der Waals surface area contributed by atoms with Gasteiger partial charge < -0.3 is 15.8 Å². The molecule has 1 aromatic heterocycles. The highest BCUT2D eigenvalue weighted by Gasteiger charge is 2.06. The van der Waals surface area contributed by atoms with Crippen molar-refractivity contribution < 1.29 is 4.74 Å². The SMILES string of the molecule is COc1ccc(Br)c(Nc2ncc(Cl)cc2N)c1. The lowest BCUT2D eigenvalue weighted by Crippen LogP contribution is -1.99. The molecule has 0 aliphatic heterocycles. The second kappa shape index (κ2) is 5.46. The van der Waals surface area contributed by atoms with Crippen LogP contribution < -0.4 is 15.8 Å². The number of nitrogens with one attached hydrogen (secondary N) is 1. The summed E-state index contributed by atoms with van der Waals surface area (Å²) >= 11 is 9.24. The van der Waals surface area contributed by atoms with Crippen LogP contribution in [-0.2, 0) is 0 Å². The molecule has 94 valence electrons. The molecule has 1 aromatic carbocycles. The van der Waals surface area contributed by atoms with Gasteiger partial charge in [-0.1, -0.05) is 11.6 Å². The van der Waals surface area contributed by atoms with Gasteiger partial charge in [-0.2, -0.15) is 0 Å². The van der Waals surface area contributed by atoms with Crippen LogP contribution >= 0.6 is 27.5 Å². The van der Waals surface area contributed by atoms with Crippen molar-refractivity contribution in [2.75, 3.05) is 18.2 Å². The van der Waals surface area contributed by atoms with Crippen LogP contribution in [0.1, 0.15) is 0 Å². The third kappa shape index (κ3) is 2.86. The summed E-state index contributed by atoms with van der Waals surface area (Å²) in [6.45, 7) is 0. The van der Waals surface area contributed by atoms with Gasteiger partial charge in [0.1, 0.15) is 5.75 Å². The number of nitrogens with two attached hydrogens (primary N) is 1. The predicted octanol–water partition coefficient (Wildman–Crippen LogP) is 3.83. The van der Waals surface area contributed by atoms with Crippen LogP contribution in [0.3, 0.4) is 0 Å². The molecule has 0 atom stereocenters. The molecule has 0 bridgehead atoms. The van der Waals surface area contributed by atoms with Crippen molar-refractivity contribution in [1.82, 2.24) is 4.98 Å². The van der Waals surface area contributed by atoms with Gasteiger partial charge >= 0.3 is 0 Å². The summed E-state index contributed by atoms with van der Waals surface area (Å²) < 4.78 is 6.05. The van der Waals surface area contributed by atoms with Crippen molar-refractivity contribution in [2.24, 2.45) is 0 Å². The van der Waals surface area contributed by atoms with E-state index in [1.807, 2.05) is 18.2 Å². The fraction of sp³-hybridized carbons (Fsp3) is 0.0833. The van der Waals surface area contributed by atoms with Crippen molar-refractivity contribution >= 4 is 44.7 Å². The Hall–Kier alpha value is -1.46. The van der Waals surface area contributed by atoms with Gasteiger partial charge in [0.2, 0.25) is 0 Å². The number of hydrogen-bond donors (Lipinski definition) is 2. The van der Waals surface area contributed by atoms with Gasteiger partial charge in [-0.15, -0.1) is 0 Å². The van der Waals surface area contributed by atoms with Gasteiger partial charge in [0.25, 0.3) is 0 Å². The Bertz CT molecular complexity index is 577. The van der Waals surface area contributed by atoms with Crippen LogP contribution in [0.5, 0.6) is 5.75 Å². The van der Waals surface area contributed by atoms with Crippen LogP contribution in [0.15, 0.2) is 34.9 Å². The van der Waals surface area contributed by atoms with Gasteiger partial charge in [0, 0.05) is 16.7 Å². The molecule has 2 aromatic rings. The van der Waals surface area contributed by atoms with E-state index in [0.29, 0.717) is 16.5 Å². The number of nitrogen functional groups attached to an aromatic ring is 1. The van der Waals surface area contributed by atoms with E-state index in [1.54, 1.807) is 13.2 Å². The van der Waals surface area contributed by atoms with E-state index in [2.05, 4.69) is 26.2 Å². The third-order valence-corrected chi connectivity index (χ3v) is 3.21. The van der Waals surface area contributed by atoms with E-state index in [0.717, 1.165) is 15.9 Å². The summed E-state index contributed by atoms with van der Waals surface area (Å²) in [6.07, 6.45) is 1.54. The Balaban J connectivity index is 2.33. The van der Waals surface area contributed by atoms with Crippen LogP contribution in [0.2, 0.25) is 5.02 Å². The molecular formula is C12H11BrClN3O. The second-order valence-corrected chi connectivity index (χ2v) is 4.85. The van der Waals surface area contributed by atoms with Crippen molar-refractivity contribution in [3.8, 4) is 5.75 Å². The molecule has 0 unspecified atom stereocenters. The van der Waals surface area contributed by atoms with E-state index in [9.17, 15) is 0 Å². The summed E-state index contributed by atoms with van der Waals surface area (Å²) in [5, 5.41) is 3.62. The zero-order chi connectivity index (χ0) is 13.1. The normalized spacial score (nSPS) is 10.2. The summed E-state index contributed by atoms with van der Waals surface area (Å²) in [6, 6.07) is 7.23. The number of aromatic nitrogens is 1. The molecule has 4 nitrogen and oxygen atoms in total. The van der Waals surface area contributed by atoms with Gasteiger partial charge in [-0.05, 0) is 34.1 Å². The van der Waals surface area contributed by atoms with E-state index in [4.69, 9.17) is 22.1 Å². The van der Waals surface area contributed by atoms with Crippen LogP contribution in [0, 0.1) is 0 Å². The molecule has 0 saturated carbocycles. The first-order valence-corrected chi connectivity index (χ1v) is 6.29. The van der Waals surface area contributed by atoms with E-state index < -0.39 is 0 Å². The zero-order valence-corrected chi connectivity index (χ0v) is 11.9. The minimum atomic E-state index is 0.484. The fourth-order valence-electron chi connectivity index (χ4n) is 1.41.